The van der Waals surface area contributed by atoms with Gasteiger partial charge >= 0.3 is 0 Å². The first-order valence-electron chi connectivity index (χ1n) is 4.93. The van der Waals surface area contributed by atoms with Crippen LogP contribution in [0.25, 0.3) is 0 Å². The number of nitrogens with zero attached hydrogens (tertiary/aromatic N) is 1. The lowest BCUT2D eigenvalue weighted by Gasteiger charge is -2.21. The van der Waals surface area contributed by atoms with Gasteiger partial charge in [0, 0.05) is 13.0 Å². The molecular formula is C10H19F2NO. The first-order chi connectivity index (χ1) is 6.29. The molecule has 1 aliphatic rings. The van der Waals surface area contributed by atoms with Crippen molar-refractivity contribution >= 4 is 0 Å². The quantitative estimate of drug-likeness (QED) is 0.683. The molecule has 0 aromatic rings. The van der Waals surface area contributed by atoms with E-state index in [-0.39, 0.29) is 19.1 Å². The predicted molar refractivity (Wildman–Crippen MR) is 51.6 cm³/mol. The molecule has 0 spiro atoms. The minimum absolute atomic E-state index is 0.0189. The van der Waals surface area contributed by atoms with Crippen LogP contribution in [0.2, 0.25) is 0 Å². The summed E-state index contributed by atoms with van der Waals surface area (Å²) in [6, 6.07) is 0. The van der Waals surface area contributed by atoms with Gasteiger partial charge in [-0.05, 0) is 27.9 Å². The molecular weight excluding hydrogens is 188 g/mol. The van der Waals surface area contributed by atoms with E-state index in [9.17, 15) is 8.78 Å². The minimum Gasteiger partial charge on any atom is -0.378 e. The van der Waals surface area contributed by atoms with Crippen LogP contribution in [0.3, 0.4) is 0 Å². The van der Waals surface area contributed by atoms with E-state index in [1.165, 1.54) is 0 Å². The molecule has 0 heterocycles. The summed E-state index contributed by atoms with van der Waals surface area (Å²) in [4.78, 5) is 1.80. The van der Waals surface area contributed by atoms with Crippen molar-refractivity contribution in [1.82, 2.24) is 4.90 Å². The van der Waals surface area contributed by atoms with Crippen molar-refractivity contribution in [2.45, 2.75) is 32.3 Å². The Balaban J connectivity index is 2.49. The highest BCUT2D eigenvalue weighted by molar-refractivity contribution is 5.11. The molecule has 1 atom stereocenters. The fraction of sp³-hybridized carbons (Fsp3) is 1.00. The Morgan fingerprint density at radius 2 is 1.86 bits per heavy atom. The summed E-state index contributed by atoms with van der Waals surface area (Å²) in [6.07, 6.45) is -0.0179. The Kier molecular flexibility index (Phi) is 3.17. The smallest absolute Gasteiger partial charge is 0.258 e. The van der Waals surface area contributed by atoms with E-state index >= 15 is 0 Å². The van der Waals surface area contributed by atoms with E-state index in [4.69, 9.17) is 4.74 Å². The number of halogens is 2. The van der Waals surface area contributed by atoms with Gasteiger partial charge in [-0.25, -0.2) is 8.78 Å². The van der Waals surface area contributed by atoms with E-state index in [1.54, 1.807) is 4.90 Å². The lowest BCUT2D eigenvalue weighted by molar-refractivity contribution is -0.0205. The zero-order chi connectivity index (χ0) is 11.0. The van der Waals surface area contributed by atoms with Crippen molar-refractivity contribution < 1.29 is 13.5 Å². The molecule has 0 aliphatic heterocycles. The van der Waals surface area contributed by atoms with Gasteiger partial charge in [0.2, 0.25) is 0 Å². The average molecular weight is 207 g/mol. The van der Waals surface area contributed by atoms with Crippen molar-refractivity contribution in [2.75, 3.05) is 27.2 Å². The normalized spacial score (nSPS) is 30.0. The van der Waals surface area contributed by atoms with Gasteiger partial charge in [0.1, 0.15) is 0 Å². The second-order valence-corrected chi connectivity index (χ2v) is 4.76. The fourth-order valence-electron chi connectivity index (χ4n) is 1.69. The van der Waals surface area contributed by atoms with Crippen LogP contribution in [0.1, 0.15) is 20.3 Å². The van der Waals surface area contributed by atoms with Gasteiger partial charge < -0.3 is 9.64 Å². The van der Waals surface area contributed by atoms with E-state index in [0.717, 1.165) is 0 Å². The molecule has 0 N–H and O–H groups in total. The van der Waals surface area contributed by atoms with Crippen molar-refractivity contribution in [1.29, 1.82) is 0 Å². The summed E-state index contributed by atoms with van der Waals surface area (Å²) in [6.45, 7) is 4.29. The molecule has 2 nitrogen and oxygen atoms in total. The van der Waals surface area contributed by atoms with E-state index in [2.05, 4.69) is 0 Å². The molecule has 0 bridgehead atoms. The second kappa shape index (κ2) is 3.74. The first-order valence-corrected chi connectivity index (χ1v) is 4.93. The van der Waals surface area contributed by atoms with Crippen LogP contribution >= 0.6 is 0 Å². The van der Waals surface area contributed by atoms with Gasteiger partial charge in [-0.15, -0.1) is 0 Å². The molecule has 0 aromatic carbocycles. The van der Waals surface area contributed by atoms with Gasteiger partial charge in [0.15, 0.2) is 0 Å². The molecule has 1 unspecified atom stereocenters. The van der Waals surface area contributed by atoms with E-state index < -0.39 is 11.3 Å². The van der Waals surface area contributed by atoms with Crippen LogP contribution in [0.5, 0.6) is 0 Å². The highest BCUT2D eigenvalue weighted by Crippen LogP contribution is 2.60. The molecule has 1 aliphatic carbocycles. The standard InChI is InChI=1S/C10H19F2NO/c1-8(2)14-7-9(6-13(3)4)5-10(9,11)12/h8H,5-7H2,1-4H3. The Morgan fingerprint density at radius 1 is 1.36 bits per heavy atom. The number of alkyl halides is 2. The third-order valence-electron chi connectivity index (χ3n) is 2.52. The molecule has 4 heteroatoms. The van der Waals surface area contributed by atoms with Crippen LogP contribution in [0.4, 0.5) is 8.78 Å². The van der Waals surface area contributed by atoms with Crippen molar-refractivity contribution in [3.63, 3.8) is 0 Å². The third kappa shape index (κ3) is 2.42. The predicted octanol–water partition coefficient (Wildman–Crippen LogP) is 2.00. The number of hydrogen-bond acceptors (Lipinski definition) is 2. The van der Waals surface area contributed by atoms with E-state index in [1.807, 2.05) is 27.9 Å². The summed E-state index contributed by atoms with van der Waals surface area (Å²) >= 11 is 0. The first kappa shape index (κ1) is 11.9. The topological polar surface area (TPSA) is 12.5 Å². The van der Waals surface area contributed by atoms with Crippen LogP contribution in [-0.2, 0) is 4.74 Å². The van der Waals surface area contributed by atoms with Crippen LogP contribution in [0.15, 0.2) is 0 Å². The van der Waals surface area contributed by atoms with Crippen LogP contribution < -0.4 is 0 Å². The Labute approximate surface area is 84.2 Å². The molecule has 0 radical (unpaired) electrons. The van der Waals surface area contributed by atoms with Crippen molar-refractivity contribution in [2.24, 2.45) is 5.41 Å². The zero-order valence-electron chi connectivity index (χ0n) is 9.31. The van der Waals surface area contributed by atoms with E-state index in [0.29, 0.717) is 6.54 Å². The number of hydrogen-bond donors (Lipinski definition) is 0. The van der Waals surface area contributed by atoms with Gasteiger partial charge in [0.05, 0.1) is 18.1 Å². The molecule has 0 saturated heterocycles. The Morgan fingerprint density at radius 3 is 2.14 bits per heavy atom. The summed E-state index contributed by atoms with van der Waals surface area (Å²) in [5.74, 6) is -2.54. The molecule has 1 saturated carbocycles. The minimum atomic E-state index is -2.54. The third-order valence-corrected chi connectivity index (χ3v) is 2.52. The highest BCUT2D eigenvalue weighted by Gasteiger charge is 2.71. The molecule has 14 heavy (non-hydrogen) atoms. The van der Waals surface area contributed by atoms with Crippen molar-refractivity contribution in [3.8, 4) is 0 Å². The zero-order valence-corrected chi connectivity index (χ0v) is 9.31. The van der Waals surface area contributed by atoms with Gasteiger partial charge in [-0.2, -0.15) is 0 Å². The van der Waals surface area contributed by atoms with Gasteiger partial charge in [0.25, 0.3) is 5.92 Å². The van der Waals surface area contributed by atoms with Gasteiger partial charge in [-0.3, -0.25) is 0 Å². The molecule has 84 valence electrons. The Hall–Kier alpha value is -0.220. The maximum Gasteiger partial charge on any atom is 0.258 e. The summed E-state index contributed by atoms with van der Waals surface area (Å²) in [5.41, 5.74) is -0.930. The monoisotopic (exact) mass is 207 g/mol. The average Bonchev–Trinajstić information content (AvgIpc) is 2.48. The fourth-order valence-corrected chi connectivity index (χ4v) is 1.69. The van der Waals surface area contributed by atoms with Crippen LogP contribution in [-0.4, -0.2) is 44.2 Å². The molecule has 1 fully saturated rings. The maximum atomic E-state index is 13.2. The Bertz CT molecular complexity index is 206. The van der Waals surface area contributed by atoms with Crippen molar-refractivity contribution in [3.05, 3.63) is 0 Å². The number of rotatable bonds is 5. The summed E-state index contributed by atoms with van der Waals surface area (Å²) < 4.78 is 31.6. The molecule has 1 rings (SSSR count). The molecule has 0 amide bonds. The highest BCUT2D eigenvalue weighted by atomic mass is 19.3. The lowest BCUT2D eigenvalue weighted by atomic mass is 10.1. The molecule has 0 aromatic heterocycles. The lowest BCUT2D eigenvalue weighted by Crippen LogP contribution is -2.32. The second-order valence-electron chi connectivity index (χ2n) is 4.76. The summed E-state index contributed by atoms with van der Waals surface area (Å²) in [5, 5.41) is 0. The summed E-state index contributed by atoms with van der Waals surface area (Å²) in [7, 11) is 3.62. The van der Waals surface area contributed by atoms with Gasteiger partial charge in [-0.1, -0.05) is 0 Å². The maximum absolute atomic E-state index is 13.2. The SMILES string of the molecule is CC(C)OCC1(CN(C)C)CC1(F)F. The van der Waals surface area contributed by atoms with Crippen LogP contribution in [0, 0.1) is 5.41 Å². The largest absolute Gasteiger partial charge is 0.378 e. The number of ether oxygens (including phenoxy) is 1.